The molecule has 0 N–H and O–H groups in total. The average Bonchev–Trinajstić information content (AvgIpc) is 3.33. The van der Waals surface area contributed by atoms with E-state index in [-0.39, 0.29) is 0 Å². The molecule has 0 radical (unpaired) electrons. The van der Waals surface area contributed by atoms with Crippen molar-refractivity contribution in [3.8, 4) is 73.4 Å². The van der Waals surface area contributed by atoms with Gasteiger partial charge in [0.15, 0.2) is 5.82 Å². The second-order valence-electron chi connectivity index (χ2n) is 15.3. The molecule has 0 amide bonds. The maximum absolute atomic E-state index is 9.38. The second kappa shape index (κ2) is 14.6. The van der Waals surface area contributed by atoms with Crippen molar-refractivity contribution in [2.75, 3.05) is 0 Å². The monoisotopic (exact) mass is 761 g/mol. The third-order valence-electron chi connectivity index (χ3n) is 11.7. The summed E-state index contributed by atoms with van der Waals surface area (Å²) in [4.78, 5) is 10.6. The molecule has 11 rings (SSSR count). The van der Waals surface area contributed by atoms with Crippen LogP contribution in [-0.2, 0) is 0 Å². The molecule has 1 heterocycles. The number of rotatable bonds is 6. The zero-order chi connectivity index (χ0) is 40.0. The minimum absolute atomic E-state index is 0.638. The smallest absolute Gasteiger partial charge is 0.160 e. The fourth-order valence-electron chi connectivity index (χ4n) is 8.70. The van der Waals surface area contributed by atoms with Gasteiger partial charge in [-0.3, -0.25) is 0 Å². The van der Waals surface area contributed by atoms with Crippen molar-refractivity contribution < 1.29 is 0 Å². The van der Waals surface area contributed by atoms with E-state index in [1.165, 1.54) is 43.4 Å². The normalized spacial score (nSPS) is 11.3. The summed E-state index contributed by atoms with van der Waals surface area (Å²) in [6, 6.07) is 77.0. The number of hydrogen-bond acceptors (Lipinski definition) is 3. The van der Waals surface area contributed by atoms with Gasteiger partial charge in [-0.2, -0.15) is 5.26 Å². The minimum Gasteiger partial charge on any atom is -0.228 e. The Labute approximate surface area is 348 Å². The van der Waals surface area contributed by atoms with Gasteiger partial charge in [-0.25, -0.2) is 9.97 Å². The summed E-state index contributed by atoms with van der Waals surface area (Å²) in [5.41, 5.74) is 12.1. The highest BCUT2D eigenvalue weighted by molar-refractivity contribution is 6.20. The summed E-state index contributed by atoms with van der Waals surface area (Å²) in [5, 5.41) is 19.1. The van der Waals surface area contributed by atoms with Crippen LogP contribution >= 0.6 is 0 Å². The topological polar surface area (TPSA) is 49.6 Å². The summed E-state index contributed by atoms with van der Waals surface area (Å²) >= 11 is 0. The molecule has 0 unspecified atom stereocenters. The number of nitrogens with zero attached hydrogens (tertiary/aromatic N) is 3. The quantitative estimate of drug-likeness (QED) is 0.125. The standard InChI is InChI=1S/C57H35N3/c58-36-37-21-23-38(24-22-37)41-15-10-16-45(31-41)54-35-55(51-20-9-8-17-48(51)39-11-2-1-3-12-39)60-57(59-54)47-28-26-42-32-46(27-25-43(42)33-47)56-50-19-7-5-14-44(50)34-53-49-18-6-4-13-40(49)29-30-52(53)56/h1-35H. The van der Waals surface area contributed by atoms with E-state index >= 15 is 0 Å². The Hall–Kier alpha value is -8.19. The molecule has 0 spiro atoms. The van der Waals surface area contributed by atoms with Crippen LogP contribution < -0.4 is 0 Å². The van der Waals surface area contributed by atoms with Crippen molar-refractivity contribution >= 4 is 43.1 Å². The van der Waals surface area contributed by atoms with Gasteiger partial charge < -0.3 is 0 Å². The lowest BCUT2D eigenvalue weighted by Crippen LogP contribution is -1.97. The van der Waals surface area contributed by atoms with E-state index in [9.17, 15) is 5.26 Å². The highest BCUT2D eigenvalue weighted by Gasteiger charge is 2.17. The van der Waals surface area contributed by atoms with Crippen molar-refractivity contribution in [1.29, 1.82) is 5.26 Å². The van der Waals surface area contributed by atoms with Crippen molar-refractivity contribution in [1.82, 2.24) is 9.97 Å². The van der Waals surface area contributed by atoms with Crippen molar-refractivity contribution in [3.63, 3.8) is 0 Å². The summed E-state index contributed by atoms with van der Waals surface area (Å²) in [7, 11) is 0. The summed E-state index contributed by atoms with van der Waals surface area (Å²) < 4.78 is 0. The third-order valence-corrected chi connectivity index (χ3v) is 11.7. The van der Waals surface area contributed by atoms with Gasteiger partial charge in [-0.1, -0.05) is 170 Å². The molecule has 0 saturated carbocycles. The van der Waals surface area contributed by atoms with Gasteiger partial charge >= 0.3 is 0 Å². The van der Waals surface area contributed by atoms with Crippen LogP contribution in [0.25, 0.3) is 110 Å². The van der Waals surface area contributed by atoms with Crippen LogP contribution in [0.3, 0.4) is 0 Å². The van der Waals surface area contributed by atoms with Crippen molar-refractivity contribution in [2.24, 2.45) is 0 Å². The first-order chi connectivity index (χ1) is 29.7. The van der Waals surface area contributed by atoms with Gasteiger partial charge in [0.25, 0.3) is 0 Å². The molecule has 0 atom stereocenters. The van der Waals surface area contributed by atoms with Gasteiger partial charge in [-0.15, -0.1) is 0 Å². The zero-order valence-corrected chi connectivity index (χ0v) is 32.5. The number of hydrogen-bond donors (Lipinski definition) is 0. The predicted molar refractivity (Wildman–Crippen MR) is 249 cm³/mol. The molecule has 3 nitrogen and oxygen atoms in total. The van der Waals surface area contributed by atoms with Crippen LogP contribution in [0.15, 0.2) is 212 Å². The SMILES string of the molecule is N#Cc1ccc(-c2cccc(-c3cc(-c4ccccc4-c4ccccc4)nc(-c4ccc5cc(-c6c7ccccc7cc7c6ccc6ccccc67)ccc5c4)n3)c2)cc1. The van der Waals surface area contributed by atoms with E-state index in [0.717, 1.165) is 61.1 Å². The zero-order valence-electron chi connectivity index (χ0n) is 32.5. The Morgan fingerprint density at radius 1 is 0.317 bits per heavy atom. The Balaban J connectivity index is 1.06. The Morgan fingerprint density at radius 2 is 0.933 bits per heavy atom. The molecule has 0 fully saturated rings. The van der Waals surface area contributed by atoms with Crippen LogP contribution in [0, 0.1) is 11.3 Å². The first-order valence-electron chi connectivity index (χ1n) is 20.2. The molecule has 60 heavy (non-hydrogen) atoms. The molecular formula is C57H35N3. The molecule has 3 heteroatoms. The molecule has 0 bridgehead atoms. The summed E-state index contributed by atoms with van der Waals surface area (Å²) in [5.74, 6) is 0.659. The van der Waals surface area contributed by atoms with Crippen LogP contribution in [0.2, 0.25) is 0 Å². The highest BCUT2D eigenvalue weighted by Crippen LogP contribution is 2.41. The van der Waals surface area contributed by atoms with Crippen LogP contribution in [-0.4, -0.2) is 9.97 Å². The average molecular weight is 762 g/mol. The number of nitriles is 1. The number of fused-ring (bicyclic) bond motifs is 5. The van der Waals surface area contributed by atoms with E-state index in [1.807, 2.05) is 30.3 Å². The highest BCUT2D eigenvalue weighted by atomic mass is 14.9. The fraction of sp³-hybridized carbons (Fsp3) is 0. The minimum atomic E-state index is 0.638. The van der Waals surface area contributed by atoms with E-state index in [0.29, 0.717) is 11.4 Å². The molecule has 1 aromatic heterocycles. The van der Waals surface area contributed by atoms with Gasteiger partial charge in [-0.05, 0) is 119 Å². The molecule has 0 saturated heterocycles. The number of benzene rings is 10. The van der Waals surface area contributed by atoms with Crippen molar-refractivity contribution in [2.45, 2.75) is 0 Å². The first kappa shape index (κ1) is 35.0. The van der Waals surface area contributed by atoms with Crippen LogP contribution in [0.4, 0.5) is 0 Å². The van der Waals surface area contributed by atoms with Gasteiger partial charge in [0.2, 0.25) is 0 Å². The molecule has 10 aromatic carbocycles. The Kier molecular flexibility index (Phi) is 8.54. The molecule has 0 aliphatic rings. The van der Waals surface area contributed by atoms with E-state index in [4.69, 9.17) is 9.97 Å². The number of aromatic nitrogens is 2. The first-order valence-corrected chi connectivity index (χ1v) is 20.2. The third kappa shape index (κ3) is 6.25. The summed E-state index contributed by atoms with van der Waals surface area (Å²) in [6.45, 7) is 0. The molecule has 0 aliphatic heterocycles. The maximum atomic E-state index is 9.38. The Bertz CT molecular complexity index is 3490. The predicted octanol–water partition coefficient (Wildman–Crippen LogP) is 15.0. The lowest BCUT2D eigenvalue weighted by molar-refractivity contribution is 1.18. The largest absolute Gasteiger partial charge is 0.228 e. The van der Waals surface area contributed by atoms with Crippen LogP contribution in [0.5, 0.6) is 0 Å². The fourth-order valence-corrected chi connectivity index (χ4v) is 8.70. The van der Waals surface area contributed by atoms with Crippen molar-refractivity contribution in [3.05, 3.63) is 218 Å². The molecule has 11 aromatic rings. The summed E-state index contributed by atoms with van der Waals surface area (Å²) in [6.07, 6.45) is 0. The second-order valence-corrected chi connectivity index (χ2v) is 15.3. The van der Waals surface area contributed by atoms with Gasteiger partial charge in [0.05, 0.1) is 23.0 Å². The molecule has 0 aliphatic carbocycles. The lowest BCUT2D eigenvalue weighted by atomic mass is 9.89. The molecule has 278 valence electrons. The van der Waals surface area contributed by atoms with Crippen LogP contribution in [0.1, 0.15) is 5.56 Å². The Morgan fingerprint density at radius 3 is 1.75 bits per heavy atom. The van der Waals surface area contributed by atoms with E-state index in [1.54, 1.807) is 0 Å². The maximum Gasteiger partial charge on any atom is 0.160 e. The lowest BCUT2D eigenvalue weighted by Gasteiger charge is -2.15. The van der Waals surface area contributed by atoms with Gasteiger partial charge in [0.1, 0.15) is 0 Å². The van der Waals surface area contributed by atoms with Gasteiger partial charge in [0, 0.05) is 16.7 Å². The molecular weight excluding hydrogens is 727 g/mol. The van der Waals surface area contributed by atoms with E-state index < -0.39 is 0 Å². The van der Waals surface area contributed by atoms with E-state index in [2.05, 4.69) is 188 Å².